The molecule has 0 bridgehead atoms. The summed E-state index contributed by atoms with van der Waals surface area (Å²) in [5, 5.41) is 12.2. The average Bonchev–Trinajstić information content (AvgIpc) is 3.20. The van der Waals surface area contributed by atoms with Crippen molar-refractivity contribution in [3.8, 4) is 45.3 Å². The van der Waals surface area contributed by atoms with Crippen molar-refractivity contribution < 1.29 is 0 Å². The highest BCUT2D eigenvalue weighted by Gasteiger charge is 2.14. The number of aromatic nitrogens is 3. The van der Waals surface area contributed by atoms with E-state index in [-0.39, 0.29) is 0 Å². The molecule has 232 valence electrons. The van der Waals surface area contributed by atoms with Gasteiger partial charge in [-0.05, 0) is 89.3 Å². The number of fused-ring (bicyclic) bond motifs is 7. The van der Waals surface area contributed by atoms with E-state index in [4.69, 9.17) is 15.0 Å². The smallest absolute Gasteiger partial charge is 0.164 e. The maximum atomic E-state index is 5.09. The number of hydrogen-bond acceptors (Lipinski definition) is 3. The zero-order valence-corrected chi connectivity index (χ0v) is 27.1. The van der Waals surface area contributed by atoms with Crippen LogP contribution in [0.4, 0.5) is 0 Å². The summed E-state index contributed by atoms with van der Waals surface area (Å²) in [5.41, 5.74) is 5.13. The van der Waals surface area contributed by atoms with Gasteiger partial charge < -0.3 is 0 Å². The molecule has 10 aromatic rings. The van der Waals surface area contributed by atoms with Crippen LogP contribution in [0.2, 0.25) is 0 Å². The van der Waals surface area contributed by atoms with Crippen LogP contribution in [0.5, 0.6) is 0 Å². The second-order valence-corrected chi connectivity index (χ2v) is 12.9. The Kier molecular flexibility index (Phi) is 6.49. The zero-order valence-electron chi connectivity index (χ0n) is 27.1. The minimum absolute atomic E-state index is 0.645. The van der Waals surface area contributed by atoms with E-state index in [1.807, 2.05) is 0 Å². The quantitative estimate of drug-likeness (QED) is 0.181. The fourth-order valence-electron chi connectivity index (χ4n) is 7.27. The van der Waals surface area contributed by atoms with E-state index < -0.39 is 0 Å². The molecule has 9 aromatic carbocycles. The first kappa shape index (κ1) is 28.3. The van der Waals surface area contributed by atoms with Crippen LogP contribution in [0.25, 0.3) is 99.2 Å². The molecule has 3 heteroatoms. The van der Waals surface area contributed by atoms with Crippen molar-refractivity contribution in [1.29, 1.82) is 0 Å². The highest BCUT2D eigenvalue weighted by Crippen LogP contribution is 2.35. The van der Waals surface area contributed by atoms with E-state index in [1.54, 1.807) is 0 Å². The van der Waals surface area contributed by atoms with Gasteiger partial charge in [0.15, 0.2) is 17.5 Å². The topological polar surface area (TPSA) is 38.7 Å². The lowest BCUT2D eigenvalue weighted by molar-refractivity contribution is 1.08. The standard InChI is InChI=1S/C47H29N3/c1-3-11-33-27-39(18-16-30(33)8-1)46-48-45(49-47(50-46)40-19-17-31-9-2-4-12-34(31)28-40)38-14-7-13-35(29-38)36-21-23-42-37(26-36)22-25-43-41-15-6-5-10-32(41)20-24-44(42)43/h1-29H. The van der Waals surface area contributed by atoms with Crippen LogP contribution < -0.4 is 0 Å². The summed E-state index contributed by atoms with van der Waals surface area (Å²) >= 11 is 0. The molecule has 0 N–H and O–H groups in total. The lowest BCUT2D eigenvalue weighted by Gasteiger charge is -2.12. The van der Waals surface area contributed by atoms with Crippen LogP contribution in [-0.4, -0.2) is 15.0 Å². The van der Waals surface area contributed by atoms with Crippen molar-refractivity contribution in [2.75, 3.05) is 0 Å². The summed E-state index contributed by atoms with van der Waals surface area (Å²) in [7, 11) is 0. The fourth-order valence-corrected chi connectivity index (χ4v) is 7.27. The van der Waals surface area contributed by atoms with Gasteiger partial charge in [0.05, 0.1) is 0 Å². The van der Waals surface area contributed by atoms with Gasteiger partial charge in [0, 0.05) is 16.7 Å². The minimum Gasteiger partial charge on any atom is -0.208 e. The van der Waals surface area contributed by atoms with Gasteiger partial charge in [-0.2, -0.15) is 0 Å². The molecule has 0 atom stereocenters. The van der Waals surface area contributed by atoms with Crippen LogP contribution in [-0.2, 0) is 0 Å². The summed E-state index contributed by atoms with van der Waals surface area (Å²) in [6, 6.07) is 62.5. The highest BCUT2D eigenvalue weighted by molar-refractivity contribution is 6.17. The molecule has 0 aliphatic rings. The molecular formula is C47H29N3. The molecule has 3 nitrogen and oxygen atoms in total. The molecule has 10 rings (SSSR count). The van der Waals surface area contributed by atoms with Crippen molar-refractivity contribution in [2.45, 2.75) is 0 Å². The van der Waals surface area contributed by atoms with Gasteiger partial charge in [0.2, 0.25) is 0 Å². The molecule has 0 unspecified atom stereocenters. The van der Waals surface area contributed by atoms with Crippen molar-refractivity contribution >= 4 is 53.9 Å². The van der Waals surface area contributed by atoms with Crippen molar-refractivity contribution in [3.05, 3.63) is 176 Å². The lowest BCUT2D eigenvalue weighted by atomic mass is 9.94. The Labute approximate surface area is 289 Å². The Morgan fingerprint density at radius 1 is 0.220 bits per heavy atom. The fraction of sp³-hybridized carbons (Fsp3) is 0. The lowest BCUT2D eigenvalue weighted by Crippen LogP contribution is -2.00. The second kappa shape index (κ2) is 11.5. The minimum atomic E-state index is 0.645. The molecular weight excluding hydrogens is 607 g/mol. The molecule has 1 aromatic heterocycles. The molecule has 0 aliphatic carbocycles. The molecule has 0 radical (unpaired) electrons. The van der Waals surface area contributed by atoms with E-state index in [9.17, 15) is 0 Å². The van der Waals surface area contributed by atoms with Crippen LogP contribution in [0.15, 0.2) is 176 Å². The Bertz CT molecular complexity index is 2850. The average molecular weight is 636 g/mol. The third-order valence-electron chi connectivity index (χ3n) is 9.85. The molecule has 0 amide bonds. The van der Waals surface area contributed by atoms with Crippen molar-refractivity contribution in [2.24, 2.45) is 0 Å². The maximum absolute atomic E-state index is 5.09. The van der Waals surface area contributed by atoms with Gasteiger partial charge in [-0.1, -0.05) is 152 Å². The summed E-state index contributed by atoms with van der Waals surface area (Å²) in [4.78, 5) is 15.2. The molecule has 0 saturated heterocycles. The van der Waals surface area contributed by atoms with E-state index in [0.29, 0.717) is 17.5 Å². The number of nitrogens with zero attached hydrogens (tertiary/aromatic N) is 3. The summed E-state index contributed by atoms with van der Waals surface area (Å²) in [6.45, 7) is 0. The van der Waals surface area contributed by atoms with E-state index in [2.05, 4.69) is 176 Å². The van der Waals surface area contributed by atoms with Crippen LogP contribution >= 0.6 is 0 Å². The predicted octanol–water partition coefficient (Wildman–Crippen LogP) is 12.3. The molecule has 0 aliphatic heterocycles. The Morgan fingerprint density at radius 3 is 1.26 bits per heavy atom. The Balaban J connectivity index is 1.10. The van der Waals surface area contributed by atoms with Gasteiger partial charge in [-0.25, -0.2) is 15.0 Å². The van der Waals surface area contributed by atoms with Crippen molar-refractivity contribution in [1.82, 2.24) is 15.0 Å². The monoisotopic (exact) mass is 635 g/mol. The normalized spacial score (nSPS) is 11.6. The van der Waals surface area contributed by atoms with Crippen LogP contribution in [0.1, 0.15) is 0 Å². The summed E-state index contributed by atoms with van der Waals surface area (Å²) in [5.74, 6) is 1.95. The van der Waals surface area contributed by atoms with Gasteiger partial charge in [0.1, 0.15) is 0 Å². The summed E-state index contributed by atoms with van der Waals surface area (Å²) in [6.07, 6.45) is 0. The van der Waals surface area contributed by atoms with E-state index in [0.717, 1.165) is 38.6 Å². The van der Waals surface area contributed by atoms with Crippen molar-refractivity contribution in [3.63, 3.8) is 0 Å². The Hall–Kier alpha value is -6.71. The largest absolute Gasteiger partial charge is 0.208 e. The molecule has 50 heavy (non-hydrogen) atoms. The summed E-state index contributed by atoms with van der Waals surface area (Å²) < 4.78 is 0. The number of hydrogen-bond donors (Lipinski definition) is 0. The molecule has 1 heterocycles. The molecule has 0 fully saturated rings. The SMILES string of the molecule is c1cc(-c2ccc3c(ccc4c5ccccc5ccc34)c2)cc(-c2nc(-c3ccc4ccccc4c3)nc(-c3ccc4ccccc4c3)n2)c1. The Morgan fingerprint density at radius 2 is 0.620 bits per heavy atom. The maximum Gasteiger partial charge on any atom is 0.164 e. The first-order chi connectivity index (χ1) is 24.7. The van der Waals surface area contributed by atoms with Crippen LogP contribution in [0.3, 0.4) is 0 Å². The first-order valence-corrected chi connectivity index (χ1v) is 16.9. The third-order valence-corrected chi connectivity index (χ3v) is 9.85. The molecule has 0 saturated carbocycles. The second-order valence-electron chi connectivity index (χ2n) is 12.9. The van der Waals surface area contributed by atoms with Gasteiger partial charge >= 0.3 is 0 Å². The van der Waals surface area contributed by atoms with E-state index in [1.165, 1.54) is 43.1 Å². The first-order valence-electron chi connectivity index (χ1n) is 16.9. The highest BCUT2D eigenvalue weighted by atomic mass is 15.0. The number of rotatable bonds is 4. The van der Waals surface area contributed by atoms with Crippen LogP contribution in [0, 0.1) is 0 Å². The zero-order chi connectivity index (χ0) is 33.0. The third kappa shape index (κ3) is 4.87. The van der Waals surface area contributed by atoms with Gasteiger partial charge in [0.25, 0.3) is 0 Å². The van der Waals surface area contributed by atoms with E-state index >= 15 is 0 Å². The molecule has 0 spiro atoms. The number of benzene rings is 9. The van der Waals surface area contributed by atoms with Gasteiger partial charge in [-0.15, -0.1) is 0 Å². The predicted molar refractivity (Wildman–Crippen MR) is 209 cm³/mol. The van der Waals surface area contributed by atoms with Gasteiger partial charge in [-0.3, -0.25) is 0 Å².